The molecule has 3 rings (SSSR count). The minimum atomic E-state index is -1.42. The second-order valence-corrected chi connectivity index (χ2v) is 12.8. The van der Waals surface area contributed by atoms with E-state index in [0.717, 1.165) is 30.1 Å². The number of aromatic amines is 1. The van der Waals surface area contributed by atoms with Crippen molar-refractivity contribution in [1.29, 1.82) is 0 Å². The average Bonchev–Trinajstić information content (AvgIpc) is 3.45. The van der Waals surface area contributed by atoms with Gasteiger partial charge in [0.2, 0.25) is 5.91 Å². The molecule has 4 N–H and O–H groups in total. The summed E-state index contributed by atoms with van der Waals surface area (Å²) < 4.78 is 19.9. The summed E-state index contributed by atoms with van der Waals surface area (Å²) in [6.45, 7) is 15.3. The molecular formula is C35H46FN5O8. The summed E-state index contributed by atoms with van der Waals surface area (Å²) in [5, 5.41) is 14.4. The Labute approximate surface area is 285 Å². The van der Waals surface area contributed by atoms with Crippen LogP contribution in [0.4, 0.5) is 10.1 Å². The predicted octanol–water partition coefficient (Wildman–Crippen LogP) is 3.73. The third-order valence-electron chi connectivity index (χ3n) is 8.00. The van der Waals surface area contributed by atoms with Crippen LogP contribution >= 0.6 is 0 Å². The van der Waals surface area contributed by atoms with Gasteiger partial charge in [-0.3, -0.25) is 28.8 Å². The van der Waals surface area contributed by atoms with Crippen LogP contribution in [0, 0.1) is 19.7 Å². The van der Waals surface area contributed by atoms with Crippen LogP contribution in [0.25, 0.3) is 11.6 Å². The van der Waals surface area contributed by atoms with Crippen LogP contribution < -0.4 is 15.5 Å². The summed E-state index contributed by atoms with van der Waals surface area (Å²) in [6, 6.07) is 2.04. The number of H-pyrrole nitrogens is 1. The van der Waals surface area contributed by atoms with Gasteiger partial charge in [0.05, 0.1) is 23.2 Å². The van der Waals surface area contributed by atoms with Crippen molar-refractivity contribution in [3.05, 3.63) is 52.1 Å². The van der Waals surface area contributed by atoms with Crippen molar-refractivity contribution < 1.29 is 43.0 Å². The molecule has 0 bridgehead atoms. The number of carboxylic acid groups (broad SMARTS) is 1. The first kappa shape index (κ1) is 38.6. The summed E-state index contributed by atoms with van der Waals surface area (Å²) >= 11 is 0. The van der Waals surface area contributed by atoms with Crippen molar-refractivity contribution >= 4 is 52.9 Å². The van der Waals surface area contributed by atoms with Crippen molar-refractivity contribution in [3.63, 3.8) is 0 Å². The third-order valence-corrected chi connectivity index (χ3v) is 8.00. The molecule has 0 radical (unpaired) electrons. The Hall–Kier alpha value is -4.85. The lowest BCUT2D eigenvalue weighted by molar-refractivity contribution is -0.155. The fraction of sp³-hybridized carbons (Fsp3) is 0.486. The molecule has 0 fully saturated rings. The molecule has 1 aliphatic heterocycles. The summed E-state index contributed by atoms with van der Waals surface area (Å²) in [7, 11) is 0. The van der Waals surface area contributed by atoms with Gasteiger partial charge in [-0.05, 0) is 84.0 Å². The molecule has 0 aliphatic carbocycles. The summed E-state index contributed by atoms with van der Waals surface area (Å²) in [5.74, 6) is -5.31. The zero-order valence-corrected chi connectivity index (χ0v) is 29.1. The van der Waals surface area contributed by atoms with Crippen molar-refractivity contribution in [3.8, 4) is 0 Å². The molecule has 49 heavy (non-hydrogen) atoms. The molecule has 1 aromatic heterocycles. The number of carbonyl (C=O) groups is 6. The van der Waals surface area contributed by atoms with Crippen molar-refractivity contribution in [1.82, 2.24) is 20.5 Å². The number of fused-ring (bicyclic) bond motifs is 1. The smallest absolute Gasteiger partial charge is 0.306 e. The number of aromatic nitrogens is 1. The van der Waals surface area contributed by atoms with Gasteiger partial charge >= 0.3 is 11.9 Å². The number of carbonyl (C=O) groups excluding carboxylic acids is 5. The van der Waals surface area contributed by atoms with Gasteiger partial charge in [-0.15, -0.1) is 0 Å². The van der Waals surface area contributed by atoms with E-state index in [9.17, 15) is 33.2 Å². The van der Waals surface area contributed by atoms with Crippen LogP contribution in [0.15, 0.2) is 18.2 Å². The highest BCUT2D eigenvalue weighted by Crippen LogP contribution is 2.39. The van der Waals surface area contributed by atoms with Crippen LogP contribution in [0.3, 0.4) is 0 Å². The normalized spacial score (nSPS) is 14.2. The second kappa shape index (κ2) is 16.5. The van der Waals surface area contributed by atoms with E-state index in [0.29, 0.717) is 35.6 Å². The zero-order chi connectivity index (χ0) is 36.6. The number of nitrogens with zero attached hydrogens (tertiary/aromatic N) is 2. The number of rotatable bonds is 15. The highest BCUT2D eigenvalue weighted by atomic mass is 19.1. The number of aryl methyl sites for hydroxylation is 1. The topological polar surface area (TPSA) is 178 Å². The third kappa shape index (κ3) is 10.1. The molecule has 1 atom stereocenters. The maximum Gasteiger partial charge on any atom is 0.306 e. The van der Waals surface area contributed by atoms with Gasteiger partial charge in [0.1, 0.15) is 17.5 Å². The number of amides is 4. The Kier molecular flexibility index (Phi) is 13.0. The van der Waals surface area contributed by atoms with Gasteiger partial charge in [0, 0.05) is 42.9 Å². The summed E-state index contributed by atoms with van der Waals surface area (Å²) in [6.07, 6.45) is -0.0448. The fourth-order valence-corrected chi connectivity index (χ4v) is 5.54. The van der Waals surface area contributed by atoms with Crippen LogP contribution in [-0.4, -0.2) is 88.4 Å². The van der Waals surface area contributed by atoms with E-state index in [1.807, 2.05) is 13.8 Å². The van der Waals surface area contributed by atoms with Crippen molar-refractivity contribution in [2.75, 3.05) is 31.1 Å². The minimum absolute atomic E-state index is 0.0382. The zero-order valence-electron chi connectivity index (χ0n) is 29.1. The molecule has 1 aromatic carbocycles. The number of esters is 1. The predicted molar refractivity (Wildman–Crippen MR) is 181 cm³/mol. The Balaban J connectivity index is 1.96. The summed E-state index contributed by atoms with van der Waals surface area (Å²) in [4.78, 5) is 83.4. The van der Waals surface area contributed by atoms with Crippen LogP contribution in [0.5, 0.6) is 0 Å². The Morgan fingerprint density at radius 1 is 1.08 bits per heavy atom. The number of anilines is 1. The number of likely N-dealkylation sites (N-methyl/N-ethyl adjacent to an activating group) is 1. The van der Waals surface area contributed by atoms with E-state index in [2.05, 4.69) is 20.5 Å². The lowest BCUT2D eigenvalue weighted by Crippen LogP contribution is -2.50. The highest BCUT2D eigenvalue weighted by molar-refractivity contribution is 6.42. The standard InChI is InChI=1S/C35H46FN5O8/c1-8-40(9-2)17-16-37-32(46)31-20(3)26(38-21(31)4)19-24-23-18-22(36)10-12-27(23)41(33(24)47)34(48)25(39-28(42)13-14-29(43)44)11-15-30(45)49-35(5,6)7/h10,12,18-19,25,38H,8-9,11,13-17H2,1-7H3,(H,37,46)(H,39,42)(H,43,44)/b24-19-/t25-/m0/s1. The van der Waals surface area contributed by atoms with Gasteiger partial charge in [-0.1, -0.05) is 13.8 Å². The van der Waals surface area contributed by atoms with Gasteiger partial charge in [-0.25, -0.2) is 9.29 Å². The number of hydrogen-bond donors (Lipinski definition) is 4. The first-order chi connectivity index (χ1) is 23.0. The molecule has 13 nitrogen and oxygen atoms in total. The SMILES string of the molecule is CCN(CC)CCNC(=O)c1c(C)[nH]c(/C=C2\C(=O)N(C(=O)[C@H](CCC(=O)OC(C)(C)C)NC(=O)CCC(=O)O)c3ccc(F)cc32)c1C. The van der Waals surface area contributed by atoms with Gasteiger partial charge in [-0.2, -0.15) is 0 Å². The Morgan fingerprint density at radius 3 is 2.37 bits per heavy atom. The average molecular weight is 684 g/mol. The van der Waals surface area contributed by atoms with Crippen LogP contribution in [0.2, 0.25) is 0 Å². The van der Waals surface area contributed by atoms with E-state index < -0.39 is 60.0 Å². The molecule has 4 amide bonds. The van der Waals surface area contributed by atoms with Crippen molar-refractivity contribution in [2.24, 2.45) is 0 Å². The van der Waals surface area contributed by atoms with Gasteiger partial charge in [0.25, 0.3) is 17.7 Å². The van der Waals surface area contributed by atoms with Gasteiger partial charge in [0.15, 0.2) is 0 Å². The van der Waals surface area contributed by atoms with E-state index in [4.69, 9.17) is 9.84 Å². The number of halogens is 1. The Morgan fingerprint density at radius 2 is 1.76 bits per heavy atom. The second-order valence-electron chi connectivity index (χ2n) is 12.8. The lowest BCUT2D eigenvalue weighted by atomic mass is 10.0. The fourth-order valence-electron chi connectivity index (χ4n) is 5.54. The van der Waals surface area contributed by atoms with E-state index in [-0.39, 0.29) is 35.6 Å². The van der Waals surface area contributed by atoms with E-state index in [1.165, 1.54) is 12.1 Å². The number of ether oxygens (including phenoxy) is 1. The monoisotopic (exact) mass is 683 g/mol. The highest BCUT2D eigenvalue weighted by Gasteiger charge is 2.40. The molecule has 1 aliphatic rings. The molecule has 2 heterocycles. The quantitative estimate of drug-likeness (QED) is 0.161. The molecule has 0 saturated carbocycles. The molecule has 2 aromatic rings. The first-order valence-electron chi connectivity index (χ1n) is 16.3. The number of nitrogens with one attached hydrogen (secondary N) is 3. The number of benzene rings is 1. The maximum atomic E-state index is 14.6. The molecule has 14 heteroatoms. The van der Waals surface area contributed by atoms with Gasteiger partial charge < -0.3 is 30.4 Å². The van der Waals surface area contributed by atoms with E-state index in [1.54, 1.807) is 34.6 Å². The lowest BCUT2D eigenvalue weighted by Gasteiger charge is -2.24. The van der Waals surface area contributed by atoms with Crippen LogP contribution in [0.1, 0.15) is 93.2 Å². The minimum Gasteiger partial charge on any atom is -0.481 e. The first-order valence-corrected chi connectivity index (χ1v) is 16.3. The maximum absolute atomic E-state index is 14.6. The molecular weight excluding hydrogens is 637 g/mol. The molecule has 266 valence electrons. The van der Waals surface area contributed by atoms with Crippen molar-refractivity contribution in [2.45, 2.75) is 85.8 Å². The van der Waals surface area contributed by atoms with E-state index >= 15 is 0 Å². The number of imide groups is 1. The molecule has 0 spiro atoms. The van der Waals surface area contributed by atoms with Crippen LogP contribution in [-0.2, 0) is 28.7 Å². The number of hydrogen-bond acceptors (Lipinski definition) is 8. The number of aliphatic carboxylic acids is 1. The Bertz CT molecular complexity index is 1640. The molecule has 0 unspecified atom stereocenters. The molecule has 0 saturated heterocycles. The number of carboxylic acids is 1. The summed E-state index contributed by atoms with van der Waals surface area (Å²) in [5.41, 5.74) is 1.21. The largest absolute Gasteiger partial charge is 0.481 e.